The molecule has 1 aromatic carbocycles. The third-order valence-corrected chi connectivity index (χ3v) is 6.27. The maximum absolute atomic E-state index is 12.3. The Morgan fingerprint density at radius 2 is 1.85 bits per heavy atom. The molecule has 2 N–H and O–H groups in total. The number of hydrogen-bond donors (Lipinski definition) is 2. The van der Waals surface area contributed by atoms with Gasteiger partial charge in [0.25, 0.3) is 0 Å². The largest absolute Gasteiger partial charge is 0.334 e. The summed E-state index contributed by atoms with van der Waals surface area (Å²) in [7, 11) is 0. The van der Waals surface area contributed by atoms with Crippen LogP contribution >= 0.6 is 11.3 Å². The fourth-order valence-electron chi connectivity index (χ4n) is 3.66. The van der Waals surface area contributed by atoms with Gasteiger partial charge in [-0.15, -0.1) is 11.3 Å². The van der Waals surface area contributed by atoms with Crippen LogP contribution in [0, 0.1) is 5.92 Å². The highest BCUT2D eigenvalue weighted by atomic mass is 32.1. The molecule has 0 unspecified atom stereocenters. The normalized spacial score (nSPS) is 18.6. The lowest BCUT2D eigenvalue weighted by molar-refractivity contribution is 0.235. The Morgan fingerprint density at radius 3 is 2.50 bits per heavy atom. The number of hydrogen-bond acceptors (Lipinski definition) is 3. The third-order valence-electron chi connectivity index (χ3n) is 5.31. The van der Waals surface area contributed by atoms with Crippen molar-refractivity contribution >= 4 is 17.4 Å². The second-order valence-electron chi connectivity index (χ2n) is 7.46. The van der Waals surface area contributed by atoms with Crippen LogP contribution in [0.1, 0.15) is 47.7 Å². The maximum Gasteiger partial charge on any atom is 0.315 e. The Labute approximate surface area is 159 Å². The molecule has 1 aromatic heterocycles. The number of benzene rings is 1. The molecule has 4 nitrogen and oxygen atoms in total. The topological polar surface area (TPSA) is 44.4 Å². The van der Waals surface area contributed by atoms with E-state index in [1.807, 2.05) is 0 Å². The molecule has 2 heterocycles. The van der Waals surface area contributed by atoms with Crippen LogP contribution in [0.5, 0.6) is 0 Å². The molecule has 2 aliphatic rings. The summed E-state index contributed by atoms with van der Waals surface area (Å²) in [4.78, 5) is 16.1. The van der Waals surface area contributed by atoms with Gasteiger partial charge in [-0.05, 0) is 67.3 Å². The lowest BCUT2D eigenvalue weighted by atomic mass is 10.1. The predicted octanol–water partition coefficient (Wildman–Crippen LogP) is 4.29. The number of thiophene rings is 1. The zero-order valence-corrected chi connectivity index (χ0v) is 15.9. The van der Waals surface area contributed by atoms with Crippen LogP contribution in [0.2, 0.25) is 0 Å². The molecule has 0 spiro atoms. The van der Waals surface area contributed by atoms with Gasteiger partial charge >= 0.3 is 6.03 Å². The van der Waals surface area contributed by atoms with Crippen LogP contribution in [0.4, 0.5) is 4.79 Å². The van der Waals surface area contributed by atoms with Gasteiger partial charge in [-0.2, -0.15) is 0 Å². The first-order chi connectivity index (χ1) is 12.8. The van der Waals surface area contributed by atoms with Crippen molar-refractivity contribution in [1.82, 2.24) is 15.5 Å². The molecule has 1 aliphatic heterocycles. The molecule has 0 radical (unpaired) electrons. The van der Waals surface area contributed by atoms with E-state index in [4.69, 9.17) is 0 Å². The number of nitrogens with zero attached hydrogens (tertiary/aromatic N) is 1. The smallest absolute Gasteiger partial charge is 0.315 e. The van der Waals surface area contributed by atoms with Crippen molar-refractivity contribution < 1.29 is 4.79 Å². The average molecular weight is 370 g/mol. The summed E-state index contributed by atoms with van der Waals surface area (Å²) in [6.07, 6.45) is 5.07. The molecular formula is C21H27N3OS. The first kappa shape index (κ1) is 17.6. The van der Waals surface area contributed by atoms with E-state index < -0.39 is 0 Å². The van der Waals surface area contributed by atoms with Gasteiger partial charge in [0, 0.05) is 18.0 Å². The molecule has 5 heteroatoms. The molecule has 2 amide bonds. The standard InChI is InChI=1S/C21H27N3OS/c25-21(23-20(18-9-10-18)19-4-3-13-26-19)22-14-16-5-7-17(8-6-16)15-24-11-1-2-12-24/h3-8,13,18,20H,1-2,9-12,14-15H2,(H2,22,23,25)/t20-/m0/s1. The molecule has 1 saturated heterocycles. The fraction of sp³-hybridized carbons (Fsp3) is 0.476. The van der Waals surface area contributed by atoms with Crippen molar-refractivity contribution in [1.29, 1.82) is 0 Å². The average Bonchev–Trinajstić information content (AvgIpc) is 3.11. The van der Waals surface area contributed by atoms with Gasteiger partial charge in [0.2, 0.25) is 0 Å². The maximum atomic E-state index is 12.3. The molecule has 2 aromatic rings. The fourth-order valence-corrected chi connectivity index (χ4v) is 4.52. The summed E-state index contributed by atoms with van der Waals surface area (Å²) >= 11 is 1.72. The van der Waals surface area contributed by atoms with E-state index >= 15 is 0 Å². The van der Waals surface area contributed by atoms with E-state index in [9.17, 15) is 4.79 Å². The van der Waals surface area contributed by atoms with Crippen molar-refractivity contribution in [3.63, 3.8) is 0 Å². The number of urea groups is 1. The minimum Gasteiger partial charge on any atom is -0.334 e. The second-order valence-corrected chi connectivity index (χ2v) is 8.44. The molecule has 26 heavy (non-hydrogen) atoms. The molecular weight excluding hydrogens is 342 g/mol. The summed E-state index contributed by atoms with van der Waals surface area (Å²) in [6.45, 7) is 4.04. The predicted molar refractivity (Wildman–Crippen MR) is 106 cm³/mol. The summed E-state index contributed by atoms with van der Waals surface area (Å²) in [5.41, 5.74) is 2.50. The number of rotatable bonds is 7. The van der Waals surface area contributed by atoms with Gasteiger partial charge in [-0.3, -0.25) is 4.90 Å². The number of likely N-dealkylation sites (tertiary alicyclic amines) is 1. The highest BCUT2D eigenvalue weighted by molar-refractivity contribution is 7.10. The Morgan fingerprint density at radius 1 is 1.12 bits per heavy atom. The van der Waals surface area contributed by atoms with E-state index in [0.717, 1.165) is 12.1 Å². The lowest BCUT2D eigenvalue weighted by Crippen LogP contribution is -2.38. The Hall–Kier alpha value is -1.85. The minimum atomic E-state index is -0.0727. The molecule has 0 bridgehead atoms. The molecule has 1 saturated carbocycles. The third kappa shape index (κ3) is 4.65. The molecule has 138 valence electrons. The Bertz CT molecular complexity index is 703. The zero-order chi connectivity index (χ0) is 17.8. The van der Waals surface area contributed by atoms with Gasteiger partial charge in [-0.25, -0.2) is 4.79 Å². The lowest BCUT2D eigenvalue weighted by Gasteiger charge is -2.17. The van der Waals surface area contributed by atoms with Crippen molar-refractivity contribution in [2.45, 2.75) is 44.8 Å². The van der Waals surface area contributed by atoms with Gasteiger partial charge in [-0.1, -0.05) is 30.3 Å². The zero-order valence-electron chi connectivity index (χ0n) is 15.1. The number of amides is 2. The van der Waals surface area contributed by atoms with E-state index in [1.54, 1.807) is 11.3 Å². The van der Waals surface area contributed by atoms with Crippen molar-refractivity contribution in [2.75, 3.05) is 13.1 Å². The SMILES string of the molecule is O=C(NCc1ccc(CN2CCCC2)cc1)N[C@H](c1cccs1)C1CC1. The summed E-state index contributed by atoms with van der Waals surface area (Å²) in [5.74, 6) is 0.601. The quantitative estimate of drug-likeness (QED) is 0.764. The van der Waals surface area contributed by atoms with Crippen LogP contribution in [0.25, 0.3) is 0 Å². The van der Waals surface area contributed by atoms with Crippen LogP contribution in [-0.4, -0.2) is 24.0 Å². The van der Waals surface area contributed by atoms with Gasteiger partial charge < -0.3 is 10.6 Å². The summed E-state index contributed by atoms with van der Waals surface area (Å²) in [6, 6.07) is 12.9. The van der Waals surface area contributed by atoms with E-state index in [-0.39, 0.29) is 12.1 Å². The molecule has 4 rings (SSSR count). The highest BCUT2D eigenvalue weighted by Gasteiger charge is 2.33. The summed E-state index contributed by atoms with van der Waals surface area (Å²) < 4.78 is 0. The first-order valence-electron chi connectivity index (χ1n) is 9.66. The van der Waals surface area contributed by atoms with E-state index in [0.29, 0.717) is 12.5 Å². The van der Waals surface area contributed by atoms with E-state index in [1.165, 1.54) is 49.2 Å². The van der Waals surface area contributed by atoms with Crippen molar-refractivity contribution in [3.8, 4) is 0 Å². The van der Waals surface area contributed by atoms with Gasteiger partial charge in [0.1, 0.15) is 0 Å². The van der Waals surface area contributed by atoms with Crippen molar-refractivity contribution in [2.24, 2.45) is 5.92 Å². The van der Waals surface area contributed by atoms with Crippen LogP contribution in [-0.2, 0) is 13.1 Å². The Balaban J connectivity index is 1.26. The van der Waals surface area contributed by atoms with Gasteiger partial charge in [0.15, 0.2) is 0 Å². The molecule has 1 aliphatic carbocycles. The number of nitrogens with one attached hydrogen (secondary N) is 2. The first-order valence-corrected chi connectivity index (χ1v) is 10.5. The molecule has 2 fully saturated rings. The van der Waals surface area contributed by atoms with Crippen molar-refractivity contribution in [3.05, 3.63) is 57.8 Å². The Kier molecular flexibility index (Phi) is 5.56. The van der Waals surface area contributed by atoms with E-state index in [2.05, 4.69) is 57.3 Å². The van der Waals surface area contributed by atoms with Crippen LogP contribution in [0.3, 0.4) is 0 Å². The highest BCUT2D eigenvalue weighted by Crippen LogP contribution is 2.42. The van der Waals surface area contributed by atoms with Crippen LogP contribution < -0.4 is 10.6 Å². The summed E-state index contributed by atoms with van der Waals surface area (Å²) in [5, 5.41) is 8.25. The number of carbonyl (C=O) groups excluding carboxylic acids is 1. The monoisotopic (exact) mass is 369 g/mol. The van der Waals surface area contributed by atoms with Gasteiger partial charge in [0.05, 0.1) is 6.04 Å². The number of carbonyl (C=O) groups is 1. The van der Waals surface area contributed by atoms with Crippen LogP contribution in [0.15, 0.2) is 41.8 Å². The second kappa shape index (κ2) is 8.23. The minimum absolute atomic E-state index is 0.0727. The molecule has 1 atom stereocenters.